The van der Waals surface area contributed by atoms with E-state index in [9.17, 15) is 0 Å². The fourth-order valence-corrected chi connectivity index (χ4v) is 2.47. The van der Waals surface area contributed by atoms with Gasteiger partial charge in [-0.15, -0.1) is 0 Å². The number of halogens is 1. The number of nitrogens with zero attached hydrogens (tertiary/aromatic N) is 1. The molecule has 2 rings (SSSR count). The summed E-state index contributed by atoms with van der Waals surface area (Å²) in [5.74, 6) is 0.672. The van der Waals surface area contributed by atoms with Gasteiger partial charge in [0.25, 0.3) is 0 Å². The zero-order chi connectivity index (χ0) is 11.5. The van der Waals surface area contributed by atoms with Crippen LogP contribution in [0, 0.1) is 17.2 Å². The first-order valence-electron chi connectivity index (χ1n) is 5.67. The minimum Gasteiger partial charge on any atom is -0.381 e. The van der Waals surface area contributed by atoms with E-state index in [-0.39, 0.29) is 0 Å². The van der Waals surface area contributed by atoms with Crippen LogP contribution in [0.15, 0.2) is 18.2 Å². The first-order valence-corrected chi connectivity index (χ1v) is 6.04. The van der Waals surface area contributed by atoms with Crippen molar-refractivity contribution in [3.63, 3.8) is 0 Å². The summed E-state index contributed by atoms with van der Waals surface area (Å²) in [6.45, 7) is 2.25. The van der Waals surface area contributed by atoms with Crippen LogP contribution >= 0.6 is 11.6 Å². The van der Waals surface area contributed by atoms with Crippen molar-refractivity contribution in [2.75, 3.05) is 5.32 Å². The average Bonchev–Trinajstić information content (AvgIpc) is 2.65. The van der Waals surface area contributed by atoms with Gasteiger partial charge in [-0.2, -0.15) is 5.26 Å². The number of nitrogens with one attached hydrogen (secondary N) is 1. The Morgan fingerprint density at radius 3 is 2.88 bits per heavy atom. The molecule has 1 saturated carbocycles. The molecule has 0 bridgehead atoms. The molecule has 0 heterocycles. The molecule has 16 heavy (non-hydrogen) atoms. The lowest BCUT2D eigenvalue weighted by molar-refractivity contribution is 0.556. The molecule has 2 nitrogen and oxygen atoms in total. The molecular weight excluding hydrogens is 220 g/mol. The largest absolute Gasteiger partial charge is 0.381 e. The Bertz CT molecular complexity index is 422. The average molecular weight is 235 g/mol. The van der Waals surface area contributed by atoms with Gasteiger partial charge in [0.2, 0.25) is 0 Å². The van der Waals surface area contributed by atoms with Gasteiger partial charge in [-0.3, -0.25) is 0 Å². The van der Waals surface area contributed by atoms with Crippen molar-refractivity contribution in [1.82, 2.24) is 0 Å². The second-order valence-corrected chi connectivity index (χ2v) is 4.90. The van der Waals surface area contributed by atoms with Crippen LogP contribution in [0.5, 0.6) is 0 Å². The molecule has 84 valence electrons. The van der Waals surface area contributed by atoms with Crippen LogP contribution in [0.2, 0.25) is 5.02 Å². The third kappa shape index (κ3) is 2.31. The van der Waals surface area contributed by atoms with E-state index in [0.29, 0.717) is 22.5 Å². The molecule has 2 unspecified atom stereocenters. The van der Waals surface area contributed by atoms with Gasteiger partial charge in [-0.25, -0.2) is 0 Å². The lowest BCUT2D eigenvalue weighted by atomic mass is 10.1. The summed E-state index contributed by atoms with van der Waals surface area (Å²) in [5, 5.41) is 13.1. The highest BCUT2D eigenvalue weighted by Gasteiger charge is 2.23. The predicted octanol–water partition coefficient (Wildman–Crippen LogP) is 3.81. The van der Waals surface area contributed by atoms with Crippen LogP contribution in [0.4, 0.5) is 5.69 Å². The van der Waals surface area contributed by atoms with Crippen molar-refractivity contribution >= 4 is 17.3 Å². The SMILES string of the molecule is CC1CCCC1Nc1cc(Cl)ccc1C#N. The number of hydrogen-bond acceptors (Lipinski definition) is 2. The maximum atomic E-state index is 9.02. The molecule has 3 heteroatoms. The number of rotatable bonds is 2. The van der Waals surface area contributed by atoms with Gasteiger partial charge in [0.1, 0.15) is 6.07 Å². The number of nitriles is 1. The molecule has 0 saturated heterocycles. The van der Waals surface area contributed by atoms with E-state index in [1.165, 1.54) is 19.3 Å². The molecule has 0 spiro atoms. The van der Waals surface area contributed by atoms with Gasteiger partial charge in [0.15, 0.2) is 0 Å². The summed E-state index contributed by atoms with van der Waals surface area (Å²) in [4.78, 5) is 0. The van der Waals surface area contributed by atoms with E-state index in [0.717, 1.165) is 5.69 Å². The van der Waals surface area contributed by atoms with Gasteiger partial charge in [-0.1, -0.05) is 24.9 Å². The molecule has 1 aromatic rings. The van der Waals surface area contributed by atoms with Crippen LogP contribution in [-0.2, 0) is 0 Å². The van der Waals surface area contributed by atoms with Crippen molar-refractivity contribution in [2.24, 2.45) is 5.92 Å². The summed E-state index contributed by atoms with van der Waals surface area (Å²) in [7, 11) is 0. The zero-order valence-corrected chi connectivity index (χ0v) is 10.1. The fourth-order valence-electron chi connectivity index (χ4n) is 2.29. The van der Waals surface area contributed by atoms with E-state index >= 15 is 0 Å². The van der Waals surface area contributed by atoms with Gasteiger partial charge in [0, 0.05) is 11.1 Å². The minimum atomic E-state index is 0.477. The Morgan fingerprint density at radius 1 is 1.44 bits per heavy atom. The molecular formula is C13H15ClN2. The number of benzene rings is 1. The highest BCUT2D eigenvalue weighted by Crippen LogP contribution is 2.30. The zero-order valence-electron chi connectivity index (χ0n) is 9.33. The lowest BCUT2D eigenvalue weighted by Gasteiger charge is -2.19. The molecule has 1 aromatic carbocycles. The van der Waals surface area contributed by atoms with E-state index in [1.807, 2.05) is 6.07 Å². The molecule has 0 amide bonds. The Hall–Kier alpha value is -1.20. The summed E-state index contributed by atoms with van der Waals surface area (Å²) in [6, 6.07) is 8.03. The Morgan fingerprint density at radius 2 is 2.25 bits per heavy atom. The van der Waals surface area contributed by atoms with Crippen molar-refractivity contribution in [3.05, 3.63) is 28.8 Å². The number of anilines is 1. The monoisotopic (exact) mass is 234 g/mol. The molecule has 0 aliphatic heterocycles. The quantitative estimate of drug-likeness (QED) is 0.845. The van der Waals surface area contributed by atoms with Crippen molar-refractivity contribution in [2.45, 2.75) is 32.2 Å². The summed E-state index contributed by atoms with van der Waals surface area (Å²) in [6.07, 6.45) is 3.71. The maximum Gasteiger partial charge on any atom is 0.101 e. The van der Waals surface area contributed by atoms with Crippen molar-refractivity contribution in [1.29, 1.82) is 5.26 Å². The molecule has 1 aliphatic carbocycles. The lowest BCUT2D eigenvalue weighted by Crippen LogP contribution is -2.22. The smallest absolute Gasteiger partial charge is 0.101 e. The maximum absolute atomic E-state index is 9.02. The first-order chi connectivity index (χ1) is 7.70. The number of hydrogen-bond donors (Lipinski definition) is 1. The van der Waals surface area contributed by atoms with Gasteiger partial charge < -0.3 is 5.32 Å². The van der Waals surface area contributed by atoms with Crippen molar-refractivity contribution in [3.8, 4) is 6.07 Å². The molecule has 0 radical (unpaired) electrons. The molecule has 2 atom stereocenters. The first kappa shape index (κ1) is 11.3. The van der Waals surface area contributed by atoms with Crippen LogP contribution in [-0.4, -0.2) is 6.04 Å². The summed E-state index contributed by atoms with van der Waals surface area (Å²) < 4.78 is 0. The molecule has 1 N–H and O–H groups in total. The van der Waals surface area contributed by atoms with Gasteiger partial charge >= 0.3 is 0 Å². The topological polar surface area (TPSA) is 35.8 Å². The highest BCUT2D eigenvalue weighted by atomic mass is 35.5. The molecule has 1 aliphatic rings. The Balaban J connectivity index is 2.20. The highest BCUT2D eigenvalue weighted by molar-refractivity contribution is 6.30. The normalized spacial score (nSPS) is 24.1. The van der Waals surface area contributed by atoms with Gasteiger partial charge in [0.05, 0.1) is 11.3 Å². The third-order valence-corrected chi connectivity index (χ3v) is 3.54. The molecule has 1 fully saturated rings. The fraction of sp³-hybridized carbons (Fsp3) is 0.462. The summed E-state index contributed by atoms with van der Waals surface area (Å²) in [5.41, 5.74) is 1.54. The van der Waals surface area contributed by atoms with E-state index in [4.69, 9.17) is 16.9 Å². The standard InChI is InChI=1S/C13H15ClN2/c1-9-3-2-4-12(9)16-13-7-11(14)6-5-10(13)8-15/h5-7,9,12,16H,2-4H2,1H3. The third-order valence-electron chi connectivity index (χ3n) is 3.30. The summed E-state index contributed by atoms with van der Waals surface area (Å²) >= 11 is 5.95. The minimum absolute atomic E-state index is 0.477. The Kier molecular flexibility index (Phi) is 3.36. The second kappa shape index (κ2) is 4.76. The Labute approximate surface area is 101 Å². The second-order valence-electron chi connectivity index (χ2n) is 4.46. The van der Waals surface area contributed by atoms with Crippen molar-refractivity contribution < 1.29 is 0 Å². The van der Waals surface area contributed by atoms with E-state index in [1.54, 1.807) is 12.1 Å². The van der Waals surface area contributed by atoms with Crippen LogP contribution < -0.4 is 5.32 Å². The van der Waals surface area contributed by atoms with Crippen LogP contribution in [0.1, 0.15) is 31.7 Å². The molecule has 0 aromatic heterocycles. The van der Waals surface area contributed by atoms with Gasteiger partial charge in [-0.05, 0) is 37.0 Å². The van der Waals surface area contributed by atoms with E-state index in [2.05, 4.69) is 18.3 Å². The van der Waals surface area contributed by atoms with Crippen LogP contribution in [0.3, 0.4) is 0 Å². The van der Waals surface area contributed by atoms with E-state index < -0.39 is 0 Å². The predicted molar refractivity (Wildman–Crippen MR) is 66.6 cm³/mol. The van der Waals surface area contributed by atoms with Crippen LogP contribution in [0.25, 0.3) is 0 Å².